The van der Waals surface area contributed by atoms with Gasteiger partial charge in [-0.3, -0.25) is 9.69 Å². The fourth-order valence-corrected chi connectivity index (χ4v) is 2.57. The number of nitrogens with one attached hydrogen (secondary N) is 1. The average molecular weight is 316 g/mol. The van der Waals surface area contributed by atoms with Crippen LogP contribution in [0, 0.1) is 5.92 Å². The van der Waals surface area contributed by atoms with Crippen molar-refractivity contribution in [2.75, 3.05) is 32.1 Å². The van der Waals surface area contributed by atoms with Crippen LogP contribution < -0.4 is 10.1 Å². The van der Waals surface area contributed by atoms with E-state index in [2.05, 4.69) is 5.32 Å². The highest BCUT2D eigenvalue weighted by molar-refractivity contribution is 5.92. The molecule has 0 aliphatic carbocycles. The highest BCUT2D eigenvalue weighted by atomic mass is 19.4. The average Bonchev–Trinajstić information content (AvgIpc) is 2.46. The van der Waals surface area contributed by atoms with Gasteiger partial charge in [0.1, 0.15) is 5.75 Å². The van der Waals surface area contributed by atoms with Crippen molar-refractivity contribution in [2.24, 2.45) is 5.92 Å². The van der Waals surface area contributed by atoms with Crippen LogP contribution in [0.1, 0.15) is 12.8 Å². The first-order valence-electron chi connectivity index (χ1n) is 7.11. The third-order valence-corrected chi connectivity index (χ3v) is 3.69. The first-order chi connectivity index (χ1) is 10.4. The molecule has 22 heavy (non-hydrogen) atoms. The van der Waals surface area contributed by atoms with Gasteiger partial charge in [0.25, 0.3) is 0 Å². The van der Waals surface area contributed by atoms with Gasteiger partial charge in [-0.2, -0.15) is 13.2 Å². The molecule has 7 heteroatoms. The Morgan fingerprint density at radius 3 is 2.91 bits per heavy atom. The number of nitrogens with zero attached hydrogens (tertiary/aromatic N) is 1. The summed E-state index contributed by atoms with van der Waals surface area (Å²) in [4.78, 5) is 13.5. The van der Waals surface area contributed by atoms with E-state index in [9.17, 15) is 18.0 Å². The second-order valence-electron chi connectivity index (χ2n) is 5.40. The summed E-state index contributed by atoms with van der Waals surface area (Å²) in [5.41, 5.74) is 0.564. The van der Waals surface area contributed by atoms with Gasteiger partial charge < -0.3 is 10.1 Å². The van der Waals surface area contributed by atoms with Gasteiger partial charge in [0, 0.05) is 18.3 Å². The van der Waals surface area contributed by atoms with Gasteiger partial charge in [-0.15, -0.1) is 0 Å². The van der Waals surface area contributed by atoms with Crippen molar-refractivity contribution in [2.45, 2.75) is 19.0 Å². The summed E-state index contributed by atoms with van der Waals surface area (Å²) in [6.45, 7) is 0.358. The number of rotatable bonds is 4. The number of carbonyl (C=O) groups excluding carboxylic acids is 1. The van der Waals surface area contributed by atoms with Crippen molar-refractivity contribution >= 4 is 11.6 Å². The number of alkyl halides is 3. The molecular formula is C15H19F3N2O2. The molecule has 0 saturated carbocycles. The summed E-state index contributed by atoms with van der Waals surface area (Å²) < 4.78 is 43.3. The van der Waals surface area contributed by atoms with Crippen LogP contribution in [0.25, 0.3) is 0 Å². The predicted octanol–water partition coefficient (Wildman–Crippen LogP) is 2.91. The molecule has 1 amide bonds. The smallest absolute Gasteiger partial charge is 0.393 e. The van der Waals surface area contributed by atoms with Gasteiger partial charge in [0.15, 0.2) is 0 Å². The minimum Gasteiger partial charge on any atom is -0.497 e. The lowest BCUT2D eigenvalue weighted by Gasteiger charge is -2.33. The zero-order chi connectivity index (χ0) is 16.2. The number of anilines is 1. The molecule has 1 heterocycles. The monoisotopic (exact) mass is 316 g/mol. The van der Waals surface area contributed by atoms with Gasteiger partial charge in [-0.05, 0) is 31.5 Å². The zero-order valence-electron chi connectivity index (χ0n) is 12.3. The molecule has 1 fully saturated rings. The number of methoxy groups -OCH3 is 1. The molecule has 1 N–H and O–H groups in total. The lowest BCUT2D eigenvalue weighted by molar-refractivity contribution is -0.186. The Bertz CT molecular complexity index is 520. The van der Waals surface area contributed by atoms with Gasteiger partial charge in [0.2, 0.25) is 5.91 Å². The number of piperidine rings is 1. The highest BCUT2D eigenvalue weighted by Gasteiger charge is 2.41. The van der Waals surface area contributed by atoms with Crippen molar-refractivity contribution in [3.8, 4) is 5.75 Å². The standard InChI is InChI=1S/C15H19F3N2O2/c1-22-13-6-2-5-12(8-13)19-14(21)10-20-7-3-4-11(9-20)15(16,17)18/h2,5-6,8,11H,3-4,7,9-10H2,1H3,(H,19,21)/t11-/m1/s1. The van der Waals surface area contributed by atoms with E-state index in [0.29, 0.717) is 24.4 Å². The van der Waals surface area contributed by atoms with E-state index in [4.69, 9.17) is 4.74 Å². The predicted molar refractivity (Wildman–Crippen MR) is 76.8 cm³/mol. The normalized spacial score (nSPS) is 19.7. The first-order valence-corrected chi connectivity index (χ1v) is 7.11. The molecule has 2 rings (SSSR count). The van der Waals surface area contributed by atoms with E-state index in [1.54, 1.807) is 29.2 Å². The molecule has 1 atom stereocenters. The summed E-state index contributed by atoms with van der Waals surface area (Å²) in [6.07, 6.45) is -3.60. The SMILES string of the molecule is COc1cccc(NC(=O)CN2CCC[C@@H](C(F)(F)F)C2)c1. The topological polar surface area (TPSA) is 41.6 Å². The van der Waals surface area contributed by atoms with Crippen LogP contribution in [0.5, 0.6) is 5.75 Å². The third kappa shape index (κ3) is 4.62. The Morgan fingerprint density at radius 2 is 2.23 bits per heavy atom. The Balaban J connectivity index is 1.88. The van der Waals surface area contributed by atoms with Gasteiger partial charge >= 0.3 is 6.18 Å². The van der Waals surface area contributed by atoms with Crippen molar-refractivity contribution in [3.63, 3.8) is 0 Å². The number of halogens is 3. The molecule has 1 aromatic carbocycles. The molecule has 0 radical (unpaired) electrons. The zero-order valence-corrected chi connectivity index (χ0v) is 12.3. The summed E-state index contributed by atoms with van der Waals surface area (Å²) in [5.74, 6) is -1.06. The second-order valence-corrected chi connectivity index (χ2v) is 5.40. The number of hydrogen-bond acceptors (Lipinski definition) is 3. The summed E-state index contributed by atoms with van der Waals surface area (Å²) in [6, 6.07) is 6.84. The molecule has 1 aliphatic heterocycles. The molecule has 122 valence electrons. The van der Waals surface area contributed by atoms with Gasteiger partial charge in [0.05, 0.1) is 19.6 Å². The molecule has 1 saturated heterocycles. The van der Waals surface area contributed by atoms with Gasteiger partial charge in [-0.25, -0.2) is 0 Å². The number of hydrogen-bond donors (Lipinski definition) is 1. The first kappa shape index (κ1) is 16.6. The number of carbonyl (C=O) groups is 1. The van der Waals surface area contributed by atoms with Crippen LogP contribution >= 0.6 is 0 Å². The fraction of sp³-hybridized carbons (Fsp3) is 0.533. The minimum atomic E-state index is -4.19. The van der Waals surface area contributed by atoms with Crippen LogP contribution in [-0.2, 0) is 4.79 Å². The van der Waals surface area contributed by atoms with Crippen LogP contribution in [-0.4, -0.2) is 43.7 Å². The lowest BCUT2D eigenvalue weighted by atomic mass is 9.97. The van der Waals surface area contributed by atoms with Gasteiger partial charge in [-0.1, -0.05) is 6.07 Å². The van der Waals surface area contributed by atoms with E-state index in [0.717, 1.165) is 0 Å². The van der Waals surface area contributed by atoms with E-state index in [1.807, 2.05) is 0 Å². The maximum atomic E-state index is 12.7. The molecule has 0 bridgehead atoms. The maximum absolute atomic E-state index is 12.7. The number of benzene rings is 1. The molecule has 0 spiro atoms. The third-order valence-electron chi connectivity index (χ3n) is 3.69. The number of ether oxygens (including phenoxy) is 1. The summed E-state index contributed by atoms with van der Waals surface area (Å²) in [7, 11) is 1.52. The van der Waals surface area contributed by atoms with Crippen LogP contribution in [0.3, 0.4) is 0 Å². The minimum absolute atomic E-state index is 0.0379. The van der Waals surface area contributed by atoms with Crippen LogP contribution in [0.4, 0.5) is 18.9 Å². The lowest BCUT2D eigenvalue weighted by Crippen LogP contribution is -2.44. The Hall–Kier alpha value is -1.76. The fourth-order valence-electron chi connectivity index (χ4n) is 2.57. The highest BCUT2D eigenvalue weighted by Crippen LogP contribution is 2.33. The van der Waals surface area contributed by atoms with Crippen molar-refractivity contribution in [3.05, 3.63) is 24.3 Å². The van der Waals surface area contributed by atoms with Crippen molar-refractivity contribution < 1.29 is 22.7 Å². The van der Waals surface area contributed by atoms with E-state index >= 15 is 0 Å². The van der Waals surface area contributed by atoms with E-state index < -0.39 is 12.1 Å². The molecule has 1 aliphatic rings. The van der Waals surface area contributed by atoms with Crippen LogP contribution in [0.2, 0.25) is 0 Å². The summed E-state index contributed by atoms with van der Waals surface area (Å²) >= 11 is 0. The molecule has 4 nitrogen and oxygen atoms in total. The molecule has 0 aromatic heterocycles. The van der Waals surface area contributed by atoms with Crippen molar-refractivity contribution in [1.29, 1.82) is 0 Å². The maximum Gasteiger partial charge on any atom is 0.393 e. The Kier molecular flexibility index (Phi) is 5.28. The van der Waals surface area contributed by atoms with Crippen LogP contribution in [0.15, 0.2) is 24.3 Å². The summed E-state index contributed by atoms with van der Waals surface area (Å²) in [5, 5.41) is 2.68. The van der Waals surface area contributed by atoms with E-state index in [-0.39, 0.29) is 25.4 Å². The second kappa shape index (κ2) is 7.00. The largest absolute Gasteiger partial charge is 0.497 e. The quantitative estimate of drug-likeness (QED) is 0.928. The molecule has 0 unspecified atom stereocenters. The Labute approximate surface area is 127 Å². The number of likely N-dealkylation sites (tertiary alicyclic amines) is 1. The van der Waals surface area contributed by atoms with E-state index in [1.165, 1.54) is 7.11 Å². The molecule has 1 aromatic rings. The van der Waals surface area contributed by atoms with Crippen molar-refractivity contribution in [1.82, 2.24) is 4.90 Å². The molecular weight excluding hydrogens is 297 g/mol. The Morgan fingerprint density at radius 1 is 1.45 bits per heavy atom. The number of amides is 1.